The van der Waals surface area contributed by atoms with E-state index in [1.54, 1.807) is 24.3 Å². The van der Waals surface area contributed by atoms with Crippen LogP contribution in [0.4, 0.5) is 5.13 Å². The number of nitrogens with two attached hydrogens (primary N) is 2. The van der Waals surface area contributed by atoms with Crippen molar-refractivity contribution in [1.29, 1.82) is 5.41 Å². The first-order valence-corrected chi connectivity index (χ1v) is 16.1. The Kier molecular flexibility index (Phi) is 12.7. The fourth-order valence-corrected chi connectivity index (χ4v) is 6.32. The molecule has 1 aromatic heterocycles. The number of amides is 1. The SMILES string of the molecule is N=C(CCS(=O)(=O)CCc1nnc(NC(=O)Cc2ccc(OCCN)cc2)s1)SC(N)=NC(O)Cc1ccccc1. The fraction of sp³-hybridized carbons (Fsp3) is 0.346. The number of carbonyl (C=O) groups excluding carboxylic acids is 1. The molecule has 0 aliphatic heterocycles. The van der Waals surface area contributed by atoms with Crippen molar-refractivity contribution in [3.05, 3.63) is 70.7 Å². The molecule has 0 radical (unpaired) electrons. The first-order chi connectivity index (χ1) is 19.6. The van der Waals surface area contributed by atoms with E-state index in [9.17, 15) is 18.3 Å². The van der Waals surface area contributed by atoms with Gasteiger partial charge >= 0.3 is 0 Å². The summed E-state index contributed by atoms with van der Waals surface area (Å²) in [7, 11) is -3.49. The molecular formula is C26H33N7O5S3. The van der Waals surface area contributed by atoms with Crippen molar-refractivity contribution in [2.75, 3.05) is 30.0 Å². The van der Waals surface area contributed by atoms with Crippen LogP contribution in [-0.2, 0) is 33.9 Å². The van der Waals surface area contributed by atoms with Gasteiger partial charge in [-0.15, -0.1) is 10.2 Å². The maximum absolute atomic E-state index is 12.5. The number of amidine groups is 1. The molecule has 1 atom stereocenters. The minimum absolute atomic E-state index is 0.00666. The van der Waals surface area contributed by atoms with Gasteiger partial charge in [-0.3, -0.25) is 10.2 Å². The summed E-state index contributed by atoms with van der Waals surface area (Å²) in [5.74, 6) is -0.0172. The van der Waals surface area contributed by atoms with Crippen LogP contribution in [0, 0.1) is 5.41 Å². The minimum atomic E-state index is -3.49. The number of benzene rings is 2. The highest BCUT2D eigenvalue weighted by molar-refractivity contribution is 8.26. The van der Waals surface area contributed by atoms with Gasteiger partial charge in [0, 0.05) is 25.8 Å². The zero-order valence-electron chi connectivity index (χ0n) is 22.2. The number of aliphatic hydroxyl groups is 1. The lowest BCUT2D eigenvalue weighted by molar-refractivity contribution is -0.115. The number of nitrogens with zero attached hydrogens (tertiary/aromatic N) is 3. The zero-order chi connectivity index (χ0) is 29.7. The third-order valence-corrected chi connectivity index (χ3v) is 8.74. The Bertz CT molecular complexity index is 1410. The largest absolute Gasteiger partial charge is 0.492 e. The maximum Gasteiger partial charge on any atom is 0.230 e. The number of aromatic nitrogens is 2. The molecule has 41 heavy (non-hydrogen) atoms. The van der Waals surface area contributed by atoms with Crippen LogP contribution in [0.2, 0.25) is 0 Å². The van der Waals surface area contributed by atoms with Gasteiger partial charge < -0.3 is 26.6 Å². The Morgan fingerprint density at radius 1 is 1.12 bits per heavy atom. The monoisotopic (exact) mass is 619 g/mol. The van der Waals surface area contributed by atoms with Gasteiger partial charge in [0.2, 0.25) is 11.0 Å². The molecule has 0 aliphatic carbocycles. The number of rotatable bonds is 15. The van der Waals surface area contributed by atoms with Crippen molar-refractivity contribution in [2.45, 2.75) is 31.9 Å². The van der Waals surface area contributed by atoms with Gasteiger partial charge in [0.05, 0.1) is 23.0 Å². The number of anilines is 1. The Morgan fingerprint density at radius 2 is 1.85 bits per heavy atom. The molecule has 12 nitrogen and oxygen atoms in total. The van der Waals surface area contributed by atoms with Gasteiger partial charge in [-0.1, -0.05) is 53.8 Å². The third kappa shape index (κ3) is 12.4. The number of thioether (sulfide) groups is 1. The second-order valence-electron chi connectivity index (χ2n) is 8.82. The summed E-state index contributed by atoms with van der Waals surface area (Å²) in [5, 5.41) is 29.5. The van der Waals surface area contributed by atoms with Crippen molar-refractivity contribution in [3.8, 4) is 5.75 Å². The minimum Gasteiger partial charge on any atom is -0.492 e. The molecule has 0 saturated heterocycles. The molecule has 0 aliphatic rings. The van der Waals surface area contributed by atoms with Crippen molar-refractivity contribution in [1.82, 2.24) is 10.2 Å². The van der Waals surface area contributed by atoms with Crippen molar-refractivity contribution < 1.29 is 23.1 Å². The summed E-state index contributed by atoms with van der Waals surface area (Å²) in [6.07, 6.45) is -0.548. The molecule has 0 bridgehead atoms. The average molecular weight is 620 g/mol. The van der Waals surface area contributed by atoms with Crippen LogP contribution in [0.5, 0.6) is 5.75 Å². The molecule has 15 heteroatoms. The van der Waals surface area contributed by atoms with Gasteiger partial charge in [-0.2, -0.15) is 0 Å². The van der Waals surface area contributed by atoms with Gasteiger partial charge in [-0.05, 0) is 35.0 Å². The fourth-order valence-electron chi connectivity index (χ4n) is 3.45. The van der Waals surface area contributed by atoms with E-state index in [0.29, 0.717) is 23.9 Å². The summed E-state index contributed by atoms with van der Waals surface area (Å²) in [4.78, 5) is 16.3. The summed E-state index contributed by atoms with van der Waals surface area (Å²) < 4.78 is 30.4. The number of nitrogens with one attached hydrogen (secondary N) is 2. The molecule has 3 rings (SSSR count). The summed E-state index contributed by atoms with van der Waals surface area (Å²) in [6, 6.07) is 16.4. The lowest BCUT2D eigenvalue weighted by Gasteiger charge is -2.08. The number of aliphatic hydroxyl groups excluding tert-OH is 1. The van der Waals surface area contributed by atoms with E-state index in [-0.39, 0.29) is 58.4 Å². The standard InChI is InChI=1S/C26H33N7O5S3/c27-12-13-38-20-8-6-19(7-9-20)17-23(35)31-26-33-32-24(40-26)11-15-41(36,37)14-10-21(28)39-25(29)30-22(34)16-18-4-2-1-3-5-18/h1-9,22,28,34H,10-17,27H2,(H2,29,30)(H,31,33,35). The summed E-state index contributed by atoms with van der Waals surface area (Å²) in [6.45, 7) is 0.827. The predicted octanol–water partition coefficient (Wildman–Crippen LogP) is 1.99. The van der Waals surface area contributed by atoms with Crippen molar-refractivity contribution in [2.24, 2.45) is 16.5 Å². The molecule has 220 valence electrons. The first kappa shape index (κ1) is 32.1. The van der Waals surface area contributed by atoms with Crippen LogP contribution in [0.15, 0.2) is 59.6 Å². The highest BCUT2D eigenvalue weighted by atomic mass is 32.2. The van der Waals surface area contributed by atoms with Crippen molar-refractivity contribution in [3.63, 3.8) is 0 Å². The van der Waals surface area contributed by atoms with Gasteiger partial charge in [0.25, 0.3) is 0 Å². The second-order valence-corrected chi connectivity index (χ2v) is 13.3. The van der Waals surface area contributed by atoms with E-state index in [0.717, 1.165) is 34.2 Å². The highest BCUT2D eigenvalue weighted by Crippen LogP contribution is 2.18. The van der Waals surface area contributed by atoms with E-state index in [1.165, 1.54) is 0 Å². The van der Waals surface area contributed by atoms with Gasteiger partial charge in [-0.25, -0.2) is 13.4 Å². The van der Waals surface area contributed by atoms with E-state index in [4.69, 9.17) is 21.6 Å². The van der Waals surface area contributed by atoms with E-state index in [1.807, 2.05) is 30.3 Å². The van der Waals surface area contributed by atoms with Crippen LogP contribution >= 0.6 is 23.1 Å². The third-order valence-electron chi connectivity index (χ3n) is 5.42. The number of carbonyl (C=O) groups is 1. The molecule has 0 saturated carbocycles. The zero-order valence-corrected chi connectivity index (χ0v) is 24.7. The highest BCUT2D eigenvalue weighted by Gasteiger charge is 2.16. The number of aliphatic imine (C=N–C) groups is 1. The average Bonchev–Trinajstić information content (AvgIpc) is 3.38. The summed E-state index contributed by atoms with van der Waals surface area (Å²) >= 11 is 1.93. The van der Waals surface area contributed by atoms with Crippen LogP contribution in [0.25, 0.3) is 0 Å². The molecule has 1 unspecified atom stereocenters. The molecular weight excluding hydrogens is 587 g/mol. The van der Waals surface area contributed by atoms with E-state index >= 15 is 0 Å². The lowest BCUT2D eigenvalue weighted by atomic mass is 10.1. The number of ether oxygens (including phenoxy) is 1. The Morgan fingerprint density at radius 3 is 2.56 bits per heavy atom. The van der Waals surface area contributed by atoms with Gasteiger partial charge in [0.15, 0.2) is 21.2 Å². The lowest BCUT2D eigenvalue weighted by Crippen LogP contribution is -2.19. The van der Waals surface area contributed by atoms with Crippen LogP contribution in [0.1, 0.15) is 22.6 Å². The molecule has 1 heterocycles. The van der Waals surface area contributed by atoms with Crippen LogP contribution in [-0.4, -0.2) is 70.7 Å². The number of hydrogen-bond acceptors (Lipinski definition) is 12. The smallest absolute Gasteiger partial charge is 0.230 e. The van der Waals surface area contributed by atoms with Gasteiger partial charge in [0.1, 0.15) is 17.4 Å². The predicted molar refractivity (Wildman–Crippen MR) is 163 cm³/mol. The molecule has 3 aromatic rings. The topological polar surface area (TPSA) is 207 Å². The van der Waals surface area contributed by atoms with E-state index in [2.05, 4.69) is 20.5 Å². The van der Waals surface area contributed by atoms with Crippen molar-refractivity contribution >= 4 is 54.2 Å². The van der Waals surface area contributed by atoms with Crippen LogP contribution in [0.3, 0.4) is 0 Å². The Hall–Kier alpha value is -3.37. The normalized spacial score (nSPS) is 12.6. The Labute approximate surface area is 247 Å². The molecule has 7 N–H and O–H groups in total. The quantitative estimate of drug-likeness (QED) is 0.123. The number of sulfone groups is 1. The number of aryl methyl sites for hydroxylation is 1. The molecule has 2 aromatic carbocycles. The maximum atomic E-state index is 12.5. The molecule has 0 fully saturated rings. The number of hydrogen-bond donors (Lipinski definition) is 5. The van der Waals surface area contributed by atoms with E-state index < -0.39 is 16.1 Å². The molecule has 0 spiro atoms. The second kappa shape index (κ2) is 16.2. The van der Waals surface area contributed by atoms with Crippen LogP contribution < -0.4 is 21.5 Å². The molecule has 1 amide bonds. The first-order valence-electron chi connectivity index (χ1n) is 12.7. The Balaban J connectivity index is 1.38. The summed E-state index contributed by atoms with van der Waals surface area (Å²) in [5.41, 5.74) is 12.9.